The number of carbonyl (C=O) groups is 1. The van der Waals surface area contributed by atoms with E-state index in [1.807, 2.05) is 25.7 Å². The van der Waals surface area contributed by atoms with E-state index in [-0.39, 0.29) is 12.5 Å². The highest BCUT2D eigenvalue weighted by atomic mass is 16.3. The van der Waals surface area contributed by atoms with Crippen molar-refractivity contribution in [2.24, 2.45) is 5.92 Å². The molecule has 0 unspecified atom stereocenters. The molecule has 0 bridgehead atoms. The summed E-state index contributed by atoms with van der Waals surface area (Å²) in [5, 5.41) is 9.11. The normalized spacial score (nSPS) is 17.2. The van der Waals surface area contributed by atoms with Gasteiger partial charge in [-0.25, -0.2) is 0 Å². The number of aliphatic hydroxyl groups is 1. The van der Waals surface area contributed by atoms with E-state index in [1.165, 1.54) is 0 Å². The second-order valence-corrected chi connectivity index (χ2v) is 5.13. The Morgan fingerprint density at radius 2 is 1.89 bits per heavy atom. The molecule has 2 heterocycles. The lowest BCUT2D eigenvalue weighted by Gasteiger charge is -2.31. The first-order valence-corrected chi connectivity index (χ1v) is 6.51. The summed E-state index contributed by atoms with van der Waals surface area (Å²) in [6.07, 6.45) is 1.77. The summed E-state index contributed by atoms with van der Waals surface area (Å²) in [7, 11) is 0. The third-order valence-electron chi connectivity index (χ3n) is 3.94. The number of hydrogen-bond donors (Lipinski definition) is 1. The number of hydrogen-bond acceptors (Lipinski definition) is 3. The Morgan fingerprint density at radius 3 is 2.33 bits per heavy atom. The molecule has 1 aliphatic heterocycles. The zero-order chi connectivity index (χ0) is 13.3. The van der Waals surface area contributed by atoms with E-state index >= 15 is 0 Å². The van der Waals surface area contributed by atoms with Crippen LogP contribution < -0.4 is 0 Å². The average Bonchev–Trinajstić information content (AvgIpc) is 2.63. The molecule has 0 atom stereocenters. The maximum atomic E-state index is 12.5. The van der Waals surface area contributed by atoms with Gasteiger partial charge >= 0.3 is 0 Å². The number of piperidine rings is 1. The maximum Gasteiger partial charge on any atom is 0.257 e. The number of rotatable bonds is 2. The Hall–Kier alpha value is -1.29. The van der Waals surface area contributed by atoms with Crippen molar-refractivity contribution in [1.29, 1.82) is 0 Å². The van der Waals surface area contributed by atoms with Gasteiger partial charge in [0.25, 0.3) is 5.91 Å². The molecule has 1 aromatic rings. The molecule has 0 aliphatic carbocycles. The van der Waals surface area contributed by atoms with E-state index < -0.39 is 0 Å². The van der Waals surface area contributed by atoms with Crippen LogP contribution in [0.1, 0.15) is 40.3 Å². The van der Waals surface area contributed by atoms with Crippen LogP contribution in [0.3, 0.4) is 0 Å². The molecule has 100 valence electrons. The third kappa shape index (κ3) is 2.29. The lowest BCUT2D eigenvalue weighted by atomic mass is 9.97. The van der Waals surface area contributed by atoms with Crippen LogP contribution in [0.5, 0.6) is 0 Å². The summed E-state index contributed by atoms with van der Waals surface area (Å²) in [5.74, 6) is 1.95. The van der Waals surface area contributed by atoms with Gasteiger partial charge in [0.05, 0.1) is 5.56 Å². The van der Waals surface area contributed by atoms with Gasteiger partial charge in [0.1, 0.15) is 11.5 Å². The van der Waals surface area contributed by atoms with Crippen LogP contribution in [0.15, 0.2) is 4.42 Å². The summed E-state index contributed by atoms with van der Waals surface area (Å²) in [6.45, 7) is 7.34. The van der Waals surface area contributed by atoms with Gasteiger partial charge in [-0.2, -0.15) is 0 Å². The third-order valence-corrected chi connectivity index (χ3v) is 3.94. The Labute approximate surface area is 108 Å². The van der Waals surface area contributed by atoms with Gasteiger partial charge in [0.15, 0.2) is 0 Å². The fourth-order valence-electron chi connectivity index (χ4n) is 2.59. The fourth-order valence-corrected chi connectivity index (χ4v) is 2.59. The van der Waals surface area contributed by atoms with Crippen LogP contribution in [0.25, 0.3) is 0 Å². The topological polar surface area (TPSA) is 53.7 Å². The van der Waals surface area contributed by atoms with E-state index in [9.17, 15) is 4.79 Å². The molecule has 1 aliphatic rings. The number of likely N-dealkylation sites (tertiary alicyclic amines) is 1. The summed E-state index contributed by atoms with van der Waals surface area (Å²) < 4.78 is 5.51. The highest BCUT2D eigenvalue weighted by Gasteiger charge is 2.27. The molecule has 1 aromatic heterocycles. The maximum absolute atomic E-state index is 12.5. The first-order valence-electron chi connectivity index (χ1n) is 6.51. The Kier molecular flexibility index (Phi) is 3.76. The molecule has 1 saturated heterocycles. The van der Waals surface area contributed by atoms with E-state index in [4.69, 9.17) is 9.52 Å². The standard InChI is InChI=1S/C14H21NO3/c1-9-10(2)18-11(3)13(9)14(17)15-6-4-12(8-16)5-7-15/h12,16H,4-8H2,1-3H3. The van der Waals surface area contributed by atoms with E-state index in [1.54, 1.807) is 0 Å². The van der Waals surface area contributed by atoms with E-state index in [0.717, 1.165) is 42.8 Å². The second kappa shape index (κ2) is 5.14. The molecular formula is C14H21NO3. The van der Waals surface area contributed by atoms with Gasteiger partial charge in [-0.05, 0) is 39.5 Å². The number of nitrogens with zero attached hydrogens (tertiary/aromatic N) is 1. The van der Waals surface area contributed by atoms with Crippen molar-refractivity contribution in [1.82, 2.24) is 4.90 Å². The van der Waals surface area contributed by atoms with Gasteiger partial charge in [-0.1, -0.05) is 0 Å². The number of aryl methyl sites for hydroxylation is 2. The Bertz CT molecular complexity index is 442. The van der Waals surface area contributed by atoms with Gasteiger partial charge in [0, 0.05) is 25.3 Å². The first kappa shape index (κ1) is 13.1. The number of amides is 1. The largest absolute Gasteiger partial charge is 0.466 e. The first-order chi connectivity index (χ1) is 8.54. The molecule has 1 N–H and O–H groups in total. The Morgan fingerprint density at radius 1 is 1.28 bits per heavy atom. The molecule has 1 fully saturated rings. The van der Waals surface area contributed by atoms with E-state index in [0.29, 0.717) is 11.7 Å². The van der Waals surface area contributed by atoms with Crippen LogP contribution in [0, 0.1) is 26.7 Å². The number of carbonyl (C=O) groups excluding carboxylic acids is 1. The van der Waals surface area contributed by atoms with Gasteiger partial charge < -0.3 is 14.4 Å². The highest BCUT2D eigenvalue weighted by Crippen LogP contribution is 2.25. The van der Waals surface area contributed by atoms with Crippen LogP contribution in [0.4, 0.5) is 0 Å². The molecule has 0 spiro atoms. The summed E-state index contributed by atoms with van der Waals surface area (Å²) in [5.41, 5.74) is 1.66. The molecule has 2 rings (SSSR count). The van der Waals surface area contributed by atoms with Crippen LogP contribution >= 0.6 is 0 Å². The van der Waals surface area contributed by atoms with Crippen molar-refractivity contribution in [2.45, 2.75) is 33.6 Å². The summed E-state index contributed by atoms with van der Waals surface area (Å²) in [6, 6.07) is 0. The van der Waals surface area contributed by atoms with Crippen LogP contribution in [0.2, 0.25) is 0 Å². The van der Waals surface area contributed by atoms with Crippen LogP contribution in [-0.4, -0.2) is 35.6 Å². The second-order valence-electron chi connectivity index (χ2n) is 5.13. The lowest BCUT2D eigenvalue weighted by Crippen LogP contribution is -2.39. The predicted molar refractivity (Wildman–Crippen MR) is 68.6 cm³/mol. The van der Waals surface area contributed by atoms with Crippen molar-refractivity contribution in [3.05, 3.63) is 22.6 Å². The number of furan rings is 1. The SMILES string of the molecule is Cc1oc(C)c(C(=O)N2CCC(CO)CC2)c1C. The molecular weight excluding hydrogens is 230 g/mol. The minimum atomic E-state index is 0.0678. The average molecular weight is 251 g/mol. The van der Waals surface area contributed by atoms with Gasteiger partial charge in [-0.3, -0.25) is 4.79 Å². The van der Waals surface area contributed by atoms with E-state index in [2.05, 4.69) is 0 Å². The molecule has 0 saturated carbocycles. The number of aliphatic hydroxyl groups excluding tert-OH is 1. The molecule has 4 nitrogen and oxygen atoms in total. The predicted octanol–water partition coefficient (Wildman–Crippen LogP) is 2.05. The molecule has 4 heteroatoms. The minimum absolute atomic E-state index is 0.0678. The van der Waals surface area contributed by atoms with Gasteiger partial charge in [0.2, 0.25) is 0 Å². The smallest absolute Gasteiger partial charge is 0.257 e. The zero-order valence-corrected chi connectivity index (χ0v) is 11.3. The molecule has 0 aromatic carbocycles. The molecule has 1 amide bonds. The molecule has 0 radical (unpaired) electrons. The lowest BCUT2D eigenvalue weighted by molar-refractivity contribution is 0.0648. The molecule has 18 heavy (non-hydrogen) atoms. The summed E-state index contributed by atoms with van der Waals surface area (Å²) >= 11 is 0. The zero-order valence-electron chi connectivity index (χ0n) is 11.3. The minimum Gasteiger partial charge on any atom is -0.466 e. The van der Waals surface area contributed by atoms with Gasteiger partial charge in [-0.15, -0.1) is 0 Å². The van der Waals surface area contributed by atoms with Crippen molar-refractivity contribution >= 4 is 5.91 Å². The highest BCUT2D eigenvalue weighted by molar-refractivity contribution is 5.96. The fraction of sp³-hybridized carbons (Fsp3) is 0.643. The van der Waals surface area contributed by atoms with Crippen molar-refractivity contribution in [3.63, 3.8) is 0 Å². The quantitative estimate of drug-likeness (QED) is 0.875. The Balaban J connectivity index is 2.13. The summed E-state index contributed by atoms with van der Waals surface area (Å²) in [4.78, 5) is 14.3. The van der Waals surface area contributed by atoms with Crippen molar-refractivity contribution in [3.8, 4) is 0 Å². The van der Waals surface area contributed by atoms with Crippen LogP contribution in [-0.2, 0) is 0 Å². The van der Waals surface area contributed by atoms with Crippen molar-refractivity contribution in [2.75, 3.05) is 19.7 Å². The van der Waals surface area contributed by atoms with Crippen molar-refractivity contribution < 1.29 is 14.3 Å². The monoisotopic (exact) mass is 251 g/mol.